The normalized spacial score (nSPS) is 30.1. The molecule has 0 unspecified atom stereocenters. The van der Waals surface area contributed by atoms with Gasteiger partial charge in [0.2, 0.25) is 5.43 Å². The molecule has 1 aliphatic heterocycles. The monoisotopic (exact) mass is 322 g/mol. The number of fused-ring (bicyclic) bond motifs is 1. The summed E-state index contributed by atoms with van der Waals surface area (Å²) in [5.74, 6) is -0.0786. The molecule has 3 atom stereocenters. The zero-order valence-electron chi connectivity index (χ0n) is 13.4. The molecule has 1 saturated carbocycles. The number of H-pyrrole nitrogens is 1. The van der Waals surface area contributed by atoms with E-state index in [0.717, 1.165) is 12.8 Å². The van der Waals surface area contributed by atoms with Gasteiger partial charge in [0.1, 0.15) is 5.69 Å². The molecular formula is C16H22N2O5. The van der Waals surface area contributed by atoms with Crippen molar-refractivity contribution in [1.82, 2.24) is 9.88 Å². The molecule has 126 valence electrons. The predicted molar refractivity (Wildman–Crippen MR) is 82.7 cm³/mol. The zero-order valence-corrected chi connectivity index (χ0v) is 13.4. The summed E-state index contributed by atoms with van der Waals surface area (Å²) in [6, 6.07) is 1.09. The van der Waals surface area contributed by atoms with Crippen LogP contribution in [0.15, 0.2) is 17.1 Å². The minimum absolute atomic E-state index is 0.169. The molecule has 1 saturated heterocycles. The first-order valence-corrected chi connectivity index (χ1v) is 7.81. The molecule has 0 bridgehead atoms. The van der Waals surface area contributed by atoms with Crippen molar-refractivity contribution in [1.29, 1.82) is 0 Å². The molecule has 2 heterocycles. The van der Waals surface area contributed by atoms with Crippen molar-refractivity contribution < 1.29 is 19.4 Å². The van der Waals surface area contributed by atoms with Crippen LogP contribution in [0.5, 0.6) is 5.75 Å². The highest BCUT2D eigenvalue weighted by Gasteiger charge is 2.52. The number of rotatable bonds is 3. The second kappa shape index (κ2) is 5.98. The minimum atomic E-state index is -0.424. The lowest BCUT2D eigenvalue weighted by atomic mass is 9.79. The summed E-state index contributed by atoms with van der Waals surface area (Å²) in [5, 5.41) is 9.98. The standard InChI is InChI=1S/C16H22N2O5/c1-22-13-9-17-11(8-12(13)20)15(21)18-6-5-16(23-2)4-3-10(19)7-14(16)18/h8-10,14,19H,3-7H2,1-2H3,(H,17,20)/t10-,14-,16+/m0/s1. The smallest absolute Gasteiger partial charge is 0.270 e. The summed E-state index contributed by atoms with van der Waals surface area (Å²) >= 11 is 0. The van der Waals surface area contributed by atoms with E-state index in [0.29, 0.717) is 19.4 Å². The van der Waals surface area contributed by atoms with Crippen molar-refractivity contribution in [2.75, 3.05) is 20.8 Å². The van der Waals surface area contributed by atoms with Gasteiger partial charge in [-0.3, -0.25) is 9.59 Å². The number of carbonyl (C=O) groups excluding carboxylic acids is 1. The number of hydrogen-bond acceptors (Lipinski definition) is 5. The first-order chi connectivity index (χ1) is 11.0. The molecule has 7 heteroatoms. The van der Waals surface area contributed by atoms with E-state index in [1.165, 1.54) is 19.4 Å². The second-order valence-corrected chi connectivity index (χ2v) is 6.24. The fraction of sp³-hybridized carbons (Fsp3) is 0.625. The number of methoxy groups -OCH3 is 2. The van der Waals surface area contributed by atoms with Crippen LogP contribution < -0.4 is 10.2 Å². The van der Waals surface area contributed by atoms with Gasteiger partial charge in [0.05, 0.1) is 24.9 Å². The summed E-state index contributed by atoms with van der Waals surface area (Å²) < 4.78 is 10.6. The van der Waals surface area contributed by atoms with E-state index in [2.05, 4.69) is 4.98 Å². The number of pyridine rings is 1. The maximum Gasteiger partial charge on any atom is 0.270 e. The zero-order chi connectivity index (χ0) is 16.6. The summed E-state index contributed by atoms with van der Waals surface area (Å²) in [7, 11) is 3.07. The summed E-state index contributed by atoms with van der Waals surface area (Å²) in [4.78, 5) is 29.2. The summed E-state index contributed by atoms with van der Waals surface area (Å²) in [5.41, 5.74) is -0.500. The molecule has 7 nitrogen and oxygen atoms in total. The van der Waals surface area contributed by atoms with Crippen molar-refractivity contribution in [2.24, 2.45) is 0 Å². The Morgan fingerprint density at radius 3 is 2.87 bits per heavy atom. The van der Waals surface area contributed by atoms with Crippen LogP contribution in [0.4, 0.5) is 0 Å². The van der Waals surface area contributed by atoms with Gasteiger partial charge in [0, 0.05) is 25.9 Å². The summed E-state index contributed by atoms with van der Waals surface area (Å²) in [6.07, 6.45) is 3.63. The van der Waals surface area contributed by atoms with Crippen LogP contribution in [0.1, 0.15) is 36.2 Å². The number of likely N-dealkylation sites (tertiary alicyclic amines) is 1. The molecule has 0 spiro atoms. The maximum atomic E-state index is 12.8. The van der Waals surface area contributed by atoms with Crippen molar-refractivity contribution >= 4 is 5.91 Å². The predicted octanol–water partition coefficient (Wildman–Crippen LogP) is 0.528. The molecule has 0 radical (unpaired) electrons. The van der Waals surface area contributed by atoms with Crippen LogP contribution in [0.3, 0.4) is 0 Å². The number of amides is 1. The summed E-state index contributed by atoms with van der Waals surface area (Å²) in [6.45, 7) is 0.554. The number of aromatic nitrogens is 1. The van der Waals surface area contributed by atoms with E-state index in [1.54, 1.807) is 12.0 Å². The van der Waals surface area contributed by atoms with Crippen LogP contribution >= 0.6 is 0 Å². The van der Waals surface area contributed by atoms with Crippen LogP contribution in [0.2, 0.25) is 0 Å². The number of aromatic amines is 1. The Balaban J connectivity index is 1.87. The van der Waals surface area contributed by atoms with Crippen LogP contribution in [0, 0.1) is 0 Å². The third kappa shape index (κ3) is 2.64. The third-order valence-electron chi connectivity index (χ3n) is 5.15. The molecule has 1 aliphatic carbocycles. The molecule has 1 aromatic heterocycles. The molecule has 23 heavy (non-hydrogen) atoms. The molecule has 2 fully saturated rings. The number of ether oxygens (including phenoxy) is 2. The first-order valence-electron chi connectivity index (χ1n) is 7.81. The third-order valence-corrected chi connectivity index (χ3v) is 5.15. The van der Waals surface area contributed by atoms with E-state index in [1.807, 2.05) is 0 Å². The maximum absolute atomic E-state index is 12.8. The van der Waals surface area contributed by atoms with Gasteiger partial charge in [-0.2, -0.15) is 0 Å². The largest absolute Gasteiger partial charge is 0.491 e. The molecule has 1 amide bonds. The molecule has 0 aromatic carbocycles. The average Bonchev–Trinajstić information content (AvgIpc) is 2.93. The topological polar surface area (TPSA) is 91.9 Å². The Kier molecular flexibility index (Phi) is 4.16. The lowest BCUT2D eigenvalue weighted by molar-refractivity contribution is -0.0824. The number of aliphatic hydroxyl groups is 1. The lowest BCUT2D eigenvalue weighted by Crippen LogP contribution is -2.52. The Morgan fingerprint density at radius 2 is 2.22 bits per heavy atom. The molecule has 2 N–H and O–H groups in total. The average molecular weight is 322 g/mol. The van der Waals surface area contributed by atoms with Gasteiger partial charge in [-0.25, -0.2) is 0 Å². The highest BCUT2D eigenvalue weighted by molar-refractivity contribution is 5.93. The van der Waals surface area contributed by atoms with Crippen LogP contribution in [0.25, 0.3) is 0 Å². The lowest BCUT2D eigenvalue weighted by Gasteiger charge is -2.42. The van der Waals surface area contributed by atoms with Gasteiger partial charge in [0.25, 0.3) is 5.91 Å². The van der Waals surface area contributed by atoms with Gasteiger partial charge in [-0.15, -0.1) is 0 Å². The van der Waals surface area contributed by atoms with Crippen molar-refractivity contribution in [3.63, 3.8) is 0 Å². The molecular weight excluding hydrogens is 300 g/mol. The van der Waals surface area contributed by atoms with Gasteiger partial charge in [-0.1, -0.05) is 0 Å². The fourth-order valence-corrected chi connectivity index (χ4v) is 3.82. The number of hydrogen-bond donors (Lipinski definition) is 2. The number of carbonyl (C=O) groups is 1. The Labute approximate surface area is 134 Å². The van der Waals surface area contributed by atoms with E-state index >= 15 is 0 Å². The SMILES string of the molecule is COc1c[nH]c(C(=O)N2CC[C@]3(OC)CC[C@H](O)C[C@H]23)cc1=O. The number of nitrogens with zero attached hydrogens (tertiary/aromatic N) is 1. The highest BCUT2D eigenvalue weighted by Crippen LogP contribution is 2.42. The highest BCUT2D eigenvalue weighted by atomic mass is 16.5. The van der Waals surface area contributed by atoms with Gasteiger partial charge in [-0.05, 0) is 25.7 Å². The van der Waals surface area contributed by atoms with E-state index in [9.17, 15) is 14.7 Å². The van der Waals surface area contributed by atoms with E-state index in [4.69, 9.17) is 9.47 Å². The fourth-order valence-electron chi connectivity index (χ4n) is 3.82. The molecule has 2 aliphatic rings. The Morgan fingerprint density at radius 1 is 1.43 bits per heavy atom. The van der Waals surface area contributed by atoms with E-state index in [-0.39, 0.29) is 34.4 Å². The van der Waals surface area contributed by atoms with Gasteiger partial charge in [0.15, 0.2) is 5.75 Å². The van der Waals surface area contributed by atoms with Crippen molar-refractivity contribution in [2.45, 2.75) is 43.4 Å². The van der Waals surface area contributed by atoms with Gasteiger partial charge < -0.3 is 24.5 Å². The van der Waals surface area contributed by atoms with Crippen molar-refractivity contribution in [3.8, 4) is 5.75 Å². The quantitative estimate of drug-likeness (QED) is 0.847. The Bertz CT molecular complexity index is 658. The number of aliphatic hydroxyl groups excluding tert-OH is 1. The number of nitrogens with one attached hydrogen (secondary N) is 1. The van der Waals surface area contributed by atoms with Gasteiger partial charge >= 0.3 is 0 Å². The second-order valence-electron chi connectivity index (χ2n) is 6.24. The van der Waals surface area contributed by atoms with E-state index < -0.39 is 6.10 Å². The molecule has 1 aromatic rings. The van der Waals surface area contributed by atoms with Crippen molar-refractivity contribution in [3.05, 3.63) is 28.2 Å². The Hall–Kier alpha value is -1.86. The molecule has 3 rings (SSSR count). The van der Waals surface area contributed by atoms with Crippen LogP contribution in [-0.4, -0.2) is 59.4 Å². The first kappa shape index (κ1) is 16.0. The van der Waals surface area contributed by atoms with Crippen LogP contribution in [-0.2, 0) is 4.74 Å². The minimum Gasteiger partial charge on any atom is -0.491 e.